The number of ether oxygens (including phenoxy) is 7. The van der Waals surface area contributed by atoms with Gasteiger partial charge in [-0.3, -0.25) is 34.2 Å². The zero-order valence-electron chi connectivity index (χ0n) is 27.2. The van der Waals surface area contributed by atoms with Crippen LogP contribution in [0.25, 0.3) is 0 Å². The van der Waals surface area contributed by atoms with Crippen LogP contribution in [-0.2, 0) is 42.8 Å². The zero-order chi connectivity index (χ0) is 34.0. The average Bonchev–Trinajstić information content (AvgIpc) is 3.34. The van der Waals surface area contributed by atoms with Crippen molar-refractivity contribution in [2.45, 2.75) is 37.8 Å². The predicted molar refractivity (Wildman–Crippen MR) is 168 cm³/mol. The van der Waals surface area contributed by atoms with Crippen molar-refractivity contribution in [2.75, 3.05) is 98.9 Å². The molecule has 1 atom stereocenters. The van der Waals surface area contributed by atoms with Crippen LogP contribution in [0.5, 0.6) is 5.75 Å². The average molecular weight is 679 g/mol. The largest absolute Gasteiger partial charge is 0.483 e. The van der Waals surface area contributed by atoms with Gasteiger partial charge in [0.1, 0.15) is 11.8 Å². The lowest BCUT2D eigenvalue weighted by Crippen LogP contribution is -2.54. The number of imide groups is 2. The first-order valence-electron chi connectivity index (χ1n) is 16.4. The number of fused-ring (bicyclic) bond motifs is 1. The molecule has 3 N–H and O–H groups in total. The molecule has 5 amide bonds. The Morgan fingerprint density at radius 1 is 0.771 bits per heavy atom. The number of hydrogen-bond acceptors (Lipinski definition) is 13. The van der Waals surface area contributed by atoms with Gasteiger partial charge in [-0.2, -0.15) is 0 Å². The highest BCUT2D eigenvalue weighted by molar-refractivity contribution is 6.24. The van der Waals surface area contributed by atoms with Gasteiger partial charge in [-0.05, 0) is 44.5 Å². The highest BCUT2D eigenvalue weighted by Crippen LogP contribution is 2.33. The SMILES string of the molecule is O=C(COc1cccc2c1C(=O)N(C1CCC(=O)NC1=O)C2=O)NCCOCCOCCOCCOCCOCCOC1CCNCC1. The fourth-order valence-electron chi connectivity index (χ4n) is 5.28. The maximum atomic E-state index is 13.1. The third-order valence-corrected chi connectivity index (χ3v) is 7.71. The van der Waals surface area contributed by atoms with Gasteiger partial charge in [0.25, 0.3) is 17.7 Å². The van der Waals surface area contributed by atoms with E-state index in [2.05, 4.69) is 16.0 Å². The third kappa shape index (κ3) is 11.9. The molecule has 0 aliphatic carbocycles. The maximum Gasteiger partial charge on any atom is 0.266 e. The first kappa shape index (κ1) is 37.3. The number of rotatable bonds is 23. The van der Waals surface area contributed by atoms with Crippen LogP contribution in [0.1, 0.15) is 46.4 Å². The summed E-state index contributed by atoms with van der Waals surface area (Å²) in [7, 11) is 0. The lowest BCUT2D eigenvalue weighted by molar-refractivity contribution is -0.136. The van der Waals surface area contributed by atoms with Crippen LogP contribution in [0.2, 0.25) is 0 Å². The normalized spacial score (nSPS) is 18.2. The molecule has 0 aromatic heterocycles. The summed E-state index contributed by atoms with van der Waals surface area (Å²) in [6.45, 7) is 6.82. The summed E-state index contributed by atoms with van der Waals surface area (Å²) in [6, 6.07) is 3.35. The van der Waals surface area contributed by atoms with Gasteiger partial charge in [0.05, 0.1) is 89.9 Å². The standard InChI is InChI=1S/C32H46N4O12/c37-27-5-4-25(30(39)35-27)36-31(40)24-2-1-3-26(29(24)32(36)41)48-22-28(38)34-10-11-42-12-13-43-14-15-44-16-17-45-18-19-46-20-21-47-23-6-8-33-9-7-23/h1-3,23,25,33H,4-22H2,(H,34,38)(H,35,37,39). The monoisotopic (exact) mass is 678 g/mol. The molecule has 3 heterocycles. The number of hydrogen-bond donors (Lipinski definition) is 3. The zero-order valence-corrected chi connectivity index (χ0v) is 27.2. The molecule has 16 heteroatoms. The van der Waals surface area contributed by atoms with E-state index in [1.807, 2.05) is 0 Å². The summed E-state index contributed by atoms with van der Waals surface area (Å²) in [5, 5.41) is 8.11. The Morgan fingerprint density at radius 2 is 1.38 bits per heavy atom. The minimum Gasteiger partial charge on any atom is -0.483 e. The minimum absolute atomic E-state index is 0.0170. The van der Waals surface area contributed by atoms with Crippen LogP contribution in [-0.4, -0.2) is 145 Å². The van der Waals surface area contributed by atoms with Crippen molar-refractivity contribution in [3.63, 3.8) is 0 Å². The summed E-state index contributed by atoms with van der Waals surface area (Å²) >= 11 is 0. The van der Waals surface area contributed by atoms with Crippen LogP contribution in [0, 0.1) is 0 Å². The van der Waals surface area contributed by atoms with Crippen LogP contribution >= 0.6 is 0 Å². The van der Waals surface area contributed by atoms with E-state index < -0.39 is 42.2 Å². The molecular formula is C32H46N4O12. The topological polar surface area (TPSA) is 189 Å². The van der Waals surface area contributed by atoms with Crippen molar-refractivity contribution in [3.8, 4) is 5.75 Å². The molecule has 1 aromatic carbocycles. The van der Waals surface area contributed by atoms with E-state index in [9.17, 15) is 24.0 Å². The molecule has 1 unspecified atom stereocenters. The Kier molecular flexibility index (Phi) is 16.1. The van der Waals surface area contributed by atoms with E-state index in [1.165, 1.54) is 18.2 Å². The summed E-state index contributed by atoms with van der Waals surface area (Å²) < 4.78 is 38.7. The van der Waals surface area contributed by atoms with Gasteiger partial charge in [-0.1, -0.05) is 6.07 Å². The molecule has 4 rings (SSSR count). The van der Waals surface area contributed by atoms with Crippen molar-refractivity contribution in [3.05, 3.63) is 29.3 Å². The van der Waals surface area contributed by atoms with Crippen molar-refractivity contribution >= 4 is 29.5 Å². The number of carbonyl (C=O) groups is 5. The quantitative estimate of drug-likeness (QED) is 0.0988. The second kappa shape index (κ2) is 20.8. The Labute approximate surface area is 279 Å². The van der Waals surface area contributed by atoms with E-state index in [1.54, 1.807) is 0 Å². The fourth-order valence-corrected chi connectivity index (χ4v) is 5.28. The molecule has 16 nitrogen and oxygen atoms in total. The predicted octanol–water partition coefficient (Wildman–Crippen LogP) is -0.566. The van der Waals surface area contributed by atoms with E-state index in [0.29, 0.717) is 72.2 Å². The van der Waals surface area contributed by atoms with Crippen LogP contribution in [0.3, 0.4) is 0 Å². The Morgan fingerprint density at radius 3 is 2.00 bits per heavy atom. The summed E-state index contributed by atoms with van der Waals surface area (Å²) in [4.78, 5) is 62.9. The molecule has 48 heavy (non-hydrogen) atoms. The second-order valence-corrected chi connectivity index (χ2v) is 11.1. The first-order chi connectivity index (χ1) is 23.5. The molecule has 266 valence electrons. The van der Waals surface area contributed by atoms with Crippen molar-refractivity contribution < 1.29 is 57.1 Å². The second-order valence-electron chi connectivity index (χ2n) is 11.1. The highest BCUT2D eigenvalue weighted by atomic mass is 16.6. The molecule has 0 radical (unpaired) electrons. The number of amides is 5. The minimum atomic E-state index is -1.09. The number of nitrogens with zero attached hydrogens (tertiary/aromatic N) is 1. The number of nitrogens with one attached hydrogen (secondary N) is 3. The van der Waals surface area contributed by atoms with Crippen LogP contribution in [0.4, 0.5) is 0 Å². The Bertz CT molecular complexity index is 1230. The van der Waals surface area contributed by atoms with E-state index in [0.717, 1.165) is 30.8 Å². The number of benzene rings is 1. The lowest BCUT2D eigenvalue weighted by atomic mass is 10.0. The van der Waals surface area contributed by atoms with Gasteiger partial charge in [0, 0.05) is 13.0 Å². The van der Waals surface area contributed by atoms with Crippen molar-refractivity contribution in [1.82, 2.24) is 20.9 Å². The summed E-state index contributed by atoms with van der Waals surface area (Å²) in [5.41, 5.74) is 0.0490. The van der Waals surface area contributed by atoms with Gasteiger partial charge in [-0.15, -0.1) is 0 Å². The molecule has 0 saturated carbocycles. The van der Waals surface area contributed by atoms with Gasteiger partial charge >= 0.3 is 0 Å². The van der Waals surface area contributed by atoms with Crippen LogP contribution in [0.15, 0.2) is 18.2 Å². The van der Waals surface area contributed by atoms with Gasteiger partial charge in [0.15, 0.2) is 6.61 Å². The molecule has 2 saturated heterocycles. The highest BCUT2D eigenvalue weighted by Gasteiger charge is 2.46. The molecular weight excluding hydrogens is 632 g/mol. The van der Waals surface area contributed by atoms with E-state index >= 15 is 0 Å². The van der Waals surface area contributed by atoms with Crippen molar-refractivity contribution in [1.29, 1.82) is 0 Å². The molecule has 0 spiro atoms. The summed E-state index contributed by atoms with van der Waals surface area (Å²) in [6.07, 6.45) is 2.51. The van der Waals surface area contributed by atoms with E-state index in [4.69, 9.17) is 33.2 Å². The van der Waals surface area contributed by atoms with E-state index in [-0.39, 0.29) is 42.9 Å². The molecule has 2 fully saturated rings. The van der Waals surface area contributed by atoms with Gasteiger partial charge in [-0.25, -0.2) is 0 Å². The number of carbonyl (C=O) groups excluding carboxylic acids is 5. The smallest absolute Gasteiger partial charge is 0.266 e. The fraction of sp³-hybridized carbons (Fsp3) is 0.656. The Balaban J connectivity index is 0.945. The Hall–Kier alpha value is -3.51. The first-order valence-corrected chi connectivity index (χ1v) is 16.4. The lowest BCUT2D eigenvalue weighted by Gasteiger charge is -2.27. The van der Waals surface area contributed by atoms with Crippen molar-refractivity contribution in [2.24, 2.45) is 0 Å². The molecule has 3 aliphatic heterocycles. The number of piperidine rings is 2. The van der Waals surface area contributed by atoms with Gasteiger partial charge < -0.3 is 43.8 Å². The molecule has 3 aliphatic rings. The molecule has 1 aromatic rings. The molecule has 0 bridgehead atoms. The van der Waals surface area contributed by atoms with Gasteiger partial charge in [0.2, 0.25) is 11.8 Å². The summed E-state index contributed by atoms with van der Waals surface area (Å²) in [5.74, 6) is -2.92. The van der Waals surface area contributed by atoms with Crippen LogP contribution < -0.4 is 20.7 Å². The maximum absolute atomic E-state index is 13.1. The third-order valence-electron chi connectivity index (χ3n) is 7.71.